The number of aromatic nitrogens is 2. The normalized spacial score (nSPS) is 10.4. The van der Waals surface area contributed by atoms with Crippen molar-refractivity contribution >= 4 is 34.2 Å². The highest BCUT2D eigenvalue weighted by atomic mass is 127. The Bertz CT molecular complexity index is 393. The topological polar surface area (TPSA) is 79.7 Å². The van der Waals surface area contributed by atoms with Crippen LogP contribution in [0.15, 0.2) is 12.8 Å². The van der Waals surface area contributed by atoms with E-state index in [1.807, 2.05) is 13.8 Å². The van der Waals surface area contributed by atoms with E-state index in [0.29, 0.717) is 5.56 Å². The molecule has 1 aromatic rings. The van der Waals surface area contributed by atoms with Crippen LogP contribution in [-0.4, -0.2) is 15.6 Å². The van der Waals surface area contributed by atoms with E-state index in [4.69, 9.17) is 11.1 Å². The van der Waals surface area contributed by atoms with Crippen LogP contribution in [0.1, 0.15) is 25.5 Å². The van der Waals surface area contributed by atoms with Gasteiger partial charge in [0, 0.05) is 6.04 Å². The number of amidine groups is 1. The number of halogens is 1. The highest BCUT2D eigenvalue weighted by Crippen LogP contribution is 2.24. The zero-order valence-corrected chi connectivity index (χ0v) is 10.9. The summed E-state index contributed by atoms with van der Waals surface area (Å²) in [5, 5.41) is 14.8. The Hall–Kier alpha value is -1.05. The predicted octanol–water partition coefficient (Wildman–Crippen LogP) is 1.91. The molecule has 6 heteroatoms. The minimum absolute atomic E-state index is 0.00986. The molecule has 0 saturated heterocycles. The molecule has 0 saturated carbocycles. The summed E-state index contributed by atoms with van der Waals surface area (Å²) in [4.78, 5) is 0. The number of rotatable bonds is 4. The van der Waals surface area contributed by atoms with Crippen molar-refractivity contribution in [3.05, 3.63) is 22.0 Å². The molecular weight excluding hydrogens is 305 g/mol. The summed E-state index contributed by atoms with van der Waals surface area (Å²) < 4.78 is 2.51. The Morgan fingerprint density at radius 1 is 1.73 bits per heavy atom. The van der Waals surface area contributed by atoms with Gasteiger partial charge in [0.05, 0.1) is 5.56 Å². The van der Waals surface area contributed by atoms with Gasteiger partial charge in [0.1, 0.15) is 15.4 Å². The Balaban J connectivity index is 3.36. The van der Waals surface area contributed by atoms with Crippen LogP contribution in [0.5, 0.6) is 0 Å². The molecule has 1 heterocycles. The molecule has 0 aliphatic rings. The van der Waals surface area contributed by atoms with E-state index in [1.54, 1.807) is 10.9 Å². The van der Waals surface area contributed by atoms with E-state index in [1.165, 1.54) is 0 Å². The van der Waals surface area contributed by atoms with Crippen LogP contribution in [-0.2, 0) is 0 Å². The zero-order valence-electron chi connectivity index (χ0n) is 8.71. The van der Waals surface area contributed by atoms with E-state index in [0.717, 1.165) is 9.52 Å². The molecule has 1 aromatic heterocycles. The molecule has 1 rings (SSSR count). The molecule has 5 nitrogen and oxygen atoms in total. The first-order valence-electron chi connectivity index (χ1n) is 4.48. The lowest BCUT2D eigenvalue weighted by atomic mass is 10.3. The van der Waals surface area contributed by atoms with Gasteiger partial charge in [-0.2, -0.15) is 5.10 Å². The molecule has 82 valence electrons. The molecule has 0 spiro atoms. The second kappa shape index (κ2) is 4.65. The number of nitrogens with zero attached hydrogens (tertiary/aromatic N) is 2. The van der Waals surface area contributed by atoms with Gasteiger partial charge >= 0.3 is 0 Å². The maximum absolute atomic E-state index is 7.50. The summed E-state index contributed by atoms with van der Waals surface area (Å²) in [6.45, 7) is 7.63. The van der Waals surface area contributed by atoms with Gasteiger partial charge in [0.25, 0.3) is 0 Å². The first kappa shape index (κ1) is 12.0. The Kier molecular flexibility index (Phi) is 3.72. The minimum atomic E-state index is 0.00986. The Labute approximate surface area is 102 Å². The zero-order chi connectivity index (χ0) is 11.6. The van der Waals surface area contributed by atoms with Gasteiger partial charge < -0.3 is 11.1 Å². The first-order valence-corrected chi connectivity index (χ1v) is 5.56. The van der Waals surface area contributed by atoms with Gasteiger partial charge in [0.15, 0.2) is 0 Å². The molecule has 4 N–H and O–H groups in total. The lowest BCUT2D eigenvalue weighted by Crippen LogP contribution is -2.15. The predicted molar refractivity (Wildman–Crippen MR) is 70.2 cm³/mol. The maximum atomic E-state index is 7.50. The SMILES string of the molecule is C=CNc1c(C(=N)N)c(I)nn1C(C)C. The van der Waals surface area contributed by atoms with Crippen LogP contribution in [0.4, 0.5) is 5.82 Å². The van der Waals surface area contributed by atoms with E-state index in [2.05, 4.69) is 39.6 Å². The fourth-order valence-electron chi connectivity index (χ4n) is 1.25. The quantitative estimate of drug-likeness (QED) is 0.450. The fourth-order valence-corrected chi connectivity index (χ4v) is 2.03. The fraction of sp³-hybridized carbons (Fsp3) is 0.333. The van der Waals surface area contributed by atoms with Gasteiger partial charge in [-0.3, -0.25) is 5.41 Å². The molecule has 0 fully saturated rings. The number of nitrogens with two attached hydrogens (primary N) is 1. The largest absolute Gasteiger partial charge is 0.383 e. The van der Waals surface area contributed by atoms with Gasteiger partial charge in [-0.25, -0.2) is 4.68 Å². The van der Waals surface area contributed by atoms with Crippen molar-refractivity contribution in [3.8, 4) is 0 Å². The van der Waals surface area contributed by atoms with Gasteiger partial charge in [-0.1, -0.05) is 6.58 Å². The summed E-state index contributed by atoms with van der Waals surface area (Å²) in [7, 11) is 0. The third-order valence-corrected chi connectivity index (χ3v) is 2.62. The molecule has 0 aromatic carbocycles. The Morgan fingerprint density at radius 3 is 2.73 bits per heavy atom. The number of anilines is 1. The lowest BCUT2D eigenvalue weighted by Gasteiger charge is -2.11. The average molecular weight is 319 g/mol. The number of hydrogen-bond donors (Lipinski definition) is 3. The van der Waals surface area contributed by atoms with Gasteiger partial charge in [-0.05, 0) is 42.6 Å². The summed E-state index contributed by atoms with van der Waals surface area (Å²) in [5.41, 5.74) is 6.14. The van der Waals surface area contributed by atoms with Crippen LogP contribution in [0, 0.1) is 9.11 Å². The van der Waals surface area contributed by atoms with Crippen LogP contribution in [0.2, 0.25) is 0 Å². The second-order valence-electron chi connectivity index (χ2n) is 3.31. The molecule has 0 aliphatic heterocycles. The lowest BCUT2D eigenvalue weighted by molar-refractivity contribution is 0.536. The van der Waals surface area contributed by atoms with Crippen LogP contribution < -0.4 is 11.1 Å². The Morgan fingerprint density at radius 2 is 2.33 bits per heavy atom. The van der Waals surface area contributed by atoms with Crippen molar-refractivity contribution in [2.24, 2.45) is 5.73 Å². The van der Waals surface area contributed by atoms with Crippen molar-refractivity contribution in [3.63, 3.8) is 0 Å². The van der Waals surface area contributed by atoms with Crippen molar-refractivity contribution < 1.29 is 0 Å². The molecule has 0 amide bonds. The molecule has 0 bridgehead atoms. The highest BCUT2D eigenvalue weighted by Gasteiger charge is 2.19. The summed E-state index contributed by atoms with van der Waals surface area (Å²) in [5.74, 6) is 0.729. The van der Waals surface area contributed by atoms with Crippen LogP contribution in [0.3, 0.4) is 0 Å². The van der Waals surface area contributed by atoms with Crippen LogP contribution >= 0.6 is 22.6 Å². The van der Waals surface area contributed by atoms with Crippen molar-refractivity contribution in [1.29, 1.82) is 5.41 Å². The van der Waals surface area contributed by atoms with E-state index < -0.39 is 0 Å². The molecule has 15 heavy (non-hydrogen) atoms. The molecular formula is C9H14IN5. The van der Waals surface area contributed by atoms with E-state index in [-0.39, 0.29) is 11.9 Å². The van der Waals surface area contributed by atoms with Crippen molar-refractivity contribution in [2.45, 2.75) is 19.9 Å². The molecule has 0 radical (unpaired) electrons. The molecule has 0 unspecified atom stereocenters. The number of nitrogens with one attached hydrogen (secondary N) is 2. The maximum Gasteiger partial charge on any atom is 0.140 e. The second-order valence-corrected chi connectivity index (χ2v) is 4.34. The van der Waals surface area contributed by atoms with Crippen LogP contribution in [0.25, 0.3) is 0 Å². The smallest absolute Gasteiger partial charge is 0.140 e. The molecule has 0 atom stereocenters. The summed E-state index contributed by atoms with van der Waals surface area (Å²) in [6.07, 6.45) is 1.55. The van der Waals surface area contributed by atoms with E-state index in [9.17, 15) is 0 Å². The van der Waals surface area contributed by atoms with E-state index >= 15 is 0 Å². The highest BCUT2D eigenvalue weighted by molar-refractivity contribution is 14.1. The van der Waals surface area contributed by atoms with Crippen molar-refractivity contribution in [1.82, 2.24) is 9.78 Å². The monoisotopic (exact) mass is 319 g/mol. The third kappa shape index (κ3) is 2.31. The van der Waals surface area contributed by atoms with Crippen molar-refractivity contribution in [2.75, 3.05) is 5.32 Å². The number of hydrogen-bond acceptors (Lipinski definition) is 3. The summed E-state index contributed by atoms with van der Waals surface area (Å²) in [6, 6.07) is 0.203. The molecule has 0 aliphatic carbocycles. The standard InChI is InChI=1S/C9H14IN5/c1-4-13-9-6(8(11)12)7(10)14-15(9)5(2)3/h4-5,13H,1H2,2-3H3,(H3,11,12). The third-order valence-electron chi connectivity index (χ3n) is 1.86. The first-order chi connectivity index (χ1) is 6.99. The summed E-state index contributed by atoms with van der Waals surface area (Å²) >= 11 is 2.07. The minimum Gasteiger partial charge on any atom is -0.383 e. The van der Waals surface area contributed by atoms with Gasteiger partial charge in [-0.15, -0.1) is 0 Å². The van der Waals surface area contributed by atoms with Gasteiger partial charge in [0.2, 0.25) is 0 Å². The average Bonchev–Trinajstić information content (AvgIpc) is 2.43. The number of nitrogen functional groups attached to an aromatic ring is 1.